The molecule has 1 N–H and O–H groups in total. The zero-order valence-corrected chi connectivity index (χ0v) is 6.19. The van der Waals surface area contributed by atoms with Crippen molar-refractivity contribution in [1.29, 1.82) is 0 Å². The smallest absolute Gasteiger partial charge is 0.0308 e. The second-order valence-electron chi connectivity index (χ2n) is 2.27. The topological polar surface area (TPSA) is 20.2 Å². The molecule has 50 valence electrons. The zero-order chi connectivity index (χ0) is 6.69. The van der Waals surface area contributed by atoms with Crippen LogP contribution in [0, 0.1) is 5.92 Å². The van der Waals surface area contributed by atoms with Crippen molar-refractivity contribution in [3.63, 3.8) is 0 Å². The fourth-order valence-electron chi connectivity index (χ4n) is 0.775. The van der Waals surface area contributed by atoms with Crippen LogP contribution in [0.4, 0.5) is 0 Å². The maximum Gasteiger partial charge on any atom is 0.0308 e. The second-order valence-corrected chi connectivity index (χ2v) is 2.92. The van der Waals surface area contributed by atoms with Gasteiger partial charge in [0.2, 0.25) is 0 Å². The van der Waals surface area contributed by atoms with Crippen LogP contribution in [0.1, 0.15) is 13.3 Å². The van der Waals surface area contributed by atoms with E-state index in [1.807, 2.05) is 6.08 Å². The van der Waals surface area contributed by atoms with Crippen molar-refractivity contribution in [2.75, 3.05) is 0 Å². The van der Waals surface area contributed by atoms with Crippen LogP contribution >= 0.6 is 12.0 Å². The van der Waals surface area contributed by atoms with Crippen molar-refractivity contribution in [2.24, 2.45) is 5.92 Å². The standard InChI is InChI=1S/C7H10OS/c1-6-2-4-7(9-8)5-3-6/h2,4-6,8H,3H2,1H3. The van der Waals surface area contributed by atoms with E-state index in [0.717, 1.165) is 23.4 Å². The average Bonchev–Trinajstić information content (AvgIpc) is 1.90. The van der Waals surface area contributed by atoms with Gasteiger partial charge in [0.25, 0.3) is 0 Å². The molecule has 0 amide bonds. The molecule has 0 aromatic carbocycles. The lowest BCUT2D eigenvalue weighted by Crippen LogP contribution is -1.91. The first-order valence-corrected chi connectivity index (χ1v) is 3.80. The highest BCUT2D eigenvalue weighted by molar-refractivity contribution is 7.97. The third-order valence-corrected chi connectivity index (χ3v) is 1.90. The van der Waals surface area contributed by atoms with Gasteiger partial charge in [-0.05, 0) is 12.3 Å². The first-order chi connectivity index (χ1) is 4.33. The van der Waals surface area contributed by atoms with E-state index in [1.165, 1.54) is 0 Å². The Hall–Kier alpha value is -0.210. The predicted molar refractivity (Wildman–Crippen MR) is 41.2 cm³/mol. The zero-order valence-electron chi connectivity index (χ0n) is 5.37. The molecule has 1 nitrogen and oxygen atoms in total. The summed E-state index contributed by atoms with van der Waals surface area (Å²) in [5.74, 6) is 0.640. The number of hydrogen-bond acceptors (Lipinski definition) is 2. The number of hydrogen-bond donors (Lipinski definition) is 1. The van der Waals surface area contributed by atoms with Crippen LogP contribution in [-0.2, 0) is 0 Å². The fraction of sp³-hybridized carbons (Fsp3) is 0.429. The Bertz CT molecular complexity index is 149. The van der Waals surface area contributed by atoms with Gasteiger partial charge in [-0.1, -0.05) is 25.2 Å². The van der Waals surface area contributed by atoms with E-state index in [9.17, 15) is 0 Å². The van der Waals surface area contributed by atoms with Gasteiger partial charge < -0.3 is 4.55 Å². The van der Waals surface area contributed by atoms with E-state index < -0.39 is 0 Å². The highest BCUT2D eigenvalue weighted by atomic mass is 32.2. The van der Waals surface area contributed by atoms with E-state index in [-0.39, 0.29) is 0 Å². The molecule has 0 heterocycles. The number of rotatable bonds is 1. The van der Waals surface area contributed by atoms with Crippen LogP contribution in [-0.4, -0.2) is 4.55 Å². The average molecular weight is 142 g/mol. The van der Waals surface area contributed by atoms with E-state index in [1.54, 1.807) is 0 Å². The summed E-state index contributed by atoms with van der Waals surface area (Å²) in [7, 11) is 0. The fourth-order valence-corrected chi connectivity index (χ4v) is 1.09. The van der Waals surface area contributed by atoms with Gasteiger partial charge in [0.15, 0.2) is 0 Å². The summed E-state index contributed by atoms with van der Waals surface area (Å²) < 4.78 is 8.57. The molecule has 0 aromatic heterocycles. The lowest BCUT2D eigenvalue weighted by atomic mass is 10.0. The van der Waals surface area contributed by atoms with Gasteiger partial charge in [-0.25, -0.2) is 0 Å². The molecule has 0 aromatic rings. The van der Waals surface area contributed by atoms with Crippen LogP contribution < -0.4 is 0 Å². The highest BCUT2D eigenvalue weighted by Gasteiger charge is 2.01. The lowest BCUT2D eigenvalue weighted by molar-refractivity contribution is 0.667. The van der Waals surface area contributed by atoms with Crippen molar-refractivity contribution in [3.8, 4) is 0 Å². The summed E-state index contributed by atoms with van der Waals surface area (Å²) in [4.78, 5) is 0.966. The molecule has 1 unspecified atom stereocenters. The SMILES string of the molecule is CC1C=CC(SO)=CC1. The van der Waals surface area contributed by atoms with Crippen molar-refractivity contribution in [3.05, 3.63) is 23.1 Å². The van der Waals surface area contributed by atoms with Gasteiger partial charge in [0.1, 0.15) is 0 Å². The van der Waals surface area contributed by atoms with Crippen molar-refractivity contribution in [1.82, 2.24) is 0 Å². The second kappa shape index (κ2) is 3.08. The summed E-state index contributed by atoms with van der Waals surface area (Å²) in [6.07, 6.45) is 7.17. The van der Waals surface area contributed by atoms with E-state index >= 15 is 0 Å². The molecule has 0 saturated carbocycles. The van der Waals surface area contributed by atoms with Gasteiger partial charge in [0, 0.05) is 16.9 Å². The first-order valence-electron chi connectivity index (χ1n) is 3.02. The first kappa shape index (κ1) is 6.90. The Morgan fingerprint density at radius 2 is 2.56 bits per heavy atom. The molecule has 0 spiro atoms. The van der Waals surface area contributed by atoms with Crippen LogP contribution in [0.25, 0.3) is 0 Å². The predicted octanol–water partition coefficient (Wildman–Crippen LogP) is 2.67. The molecule has 0 bridgehead atoms. The molecule has 0 fully saturated rings. The van der Waals surface area contributed by atoms with Crippen molar-refractivity contribution < 1.29 is 4.55 Å². The minimum Gasteiger partial charge on any atom is -0.325 e. The molecule has 2 heteroatoms. The highest BCUT2D eigenvalue weighted by Crippen LogP contribution is 2.21. The van der Waals surface area contributed by atoms with E-state index in [0.29, 0.717) is 5.92 Å². The third kappa shape index (κ3) is 1.88. The maximum absolute atomic E-state index is 8.57. The monoisotopic (exact) mass is 142 g/mol. The molecule has 0 radical (unpaired) electrons. The molecule has 0 saturated heterocycles. The van der Waals surface area contributed by atoms with Gasteiger partial charge in [-0.3, -0.25) is 0 Å². The van der Waals surface area contributed by atoms with Crippen LogP contribution in [0.5, 0.6) is 0 Å². The van der Waals surface area contributed by atoms with E-state index in [4.69, 9.17) is 4.55 Å². The van der Waals surface area contributed by atoms with Crippen molar-refractivity contribution >= 4 is 12.0 Å². The van der Waals surface area contributed by atoms with Crippen LogP contribution in [0.15, 0.2) is 23.1 Å². The Labute approximate surface area is 59.7 Å². The summed E-state index contributed by atoms with van der Waals surface area (Å²) in [5, 5.41) is 0. The van der Waals surface area contributed by atoms with Crippen molar-refractivity contribution in [2.45, 2.75) is 13.3 Å². The minimum absolute atomic E-state index is 0.640. The number of allylic oxidation sites excluding steroid dienone is 3. The van der Waals surface area contributed by atoms with Crippen LogP contribution in [0.3, 0.4) is 0 Å². The maximum atomic E-state index is 8.57. The molecule has 1 aliphatic carbocycles. The molecule has 1 atom stereocenters. The largest absolute Gasteiger partial charge is 0.325 e. The van der Waals surface area contributed by atoms with Gasteiger partial charge in [0.05, 0.1) is 0 Å². The Morgan fingerprint density at radius 3 is 3.00 bits per heavy atom. The summed E-state index contributed by atoms with van der Waals surface area (Å²) in [6.45, 7) is 2.16. The molecule has 9 heavy (non-hydrogen) atoms. The molecule has 1 rings (SSSR count). The van der Waals surface area contributed by atoms with Gasteiger partial charge in [-0.2, -0.15) is 0 Å². The summed E-state index contributed by atoms with van der Waals surface area (Å²) in [6, 6.07) is 0. The summed E-state index contributed by atoms with van der Waals surface area (Å²) in [5.41, 5.74) is 0. The Morgan fingerprint density at radius 1 is 1.78 bits per heavy atom. The lowest BCUT2D eigenvalue weighted by Gasteiger charge is -2.07. The Kier molecular flexibility index (Phi) is 2.37. The molecule has 1 aliphatic rings. The quantitative estimate of drug-likeness (QED) is 0.568. The minimum atomic E-state index is 0.640. The molecule has 0 aliphatic heterocycles. The normalized spacial score (nSPS) is 26.0. The van der Waals surface area contributed by atoms with Crippen LogP contribution in [0.2, 0.25) is 0 Å². The van der Waals surface area contributed by atoms with Gasteiger partial charge >= 0.3 is 0 Å². The molecular weight excluding hydrogens is 132 g/mol. The van der Waals surface area contributed by atoms with Gasteiger partial charge in [-0.15, -0.1) is 0 Å². The summed E-state index contributed by atoms with van der Waals surface area (Å²) >= 11 is 0.822. The Balaban J connectivity index is 2.52. The molecular formula is C7H10OS. The van der Waals surface area contributed by atoms with E-state index in [2.05, 4.69) is 19.1 Å². The third-order valence-electron chi connectivity index (χ3n) is 1.39.